The fourth-order valence-electron chi connectivity index (χ4n) is 3.31. The molecular weight excluding hydrogens is 442 g/mol. The Labute approximate surface area is 187 Å². The normalized spacial score (nSPS) is 19.7. The van der Waals surface area contributed by atoms with Crippen molar-refractivity contribution >= 4 is 27.6 Å². The second kappa shape index (κ2) is 9.99. The molecule has 1 saturated heterocycles. The molecule has 168 valence electrons. The Kier molecular flexibility index (Phi) is 7.59. The molecule has 2 unspecified atom stereocenters. The van der Waals surface area contributed by atoms with Gasteiger partial charge in [0.05, 0.1) is 22.8 Å². The van der Waals surface area contributed by atoms with Crippen molar-refractivity contribution in [3.63, 3.8) is 0 Å². The molecular formula is C22H26ClNO6S. The lowest BCUT2D eigenvalue weighted by molar-refractivity contribution is -0.0440. The van der Waals surface area contributed by atoms with Crippen LogP contribution in [-0.2, 0) is 19.5 Å². The lowest BCUT2D eigenvalue weighted by Crippen LogP contribution is -2.48. The molecule has 0 spiro atoms. The number of esters is 1. The molecule has 0 saturated carbocycles. The van der Waals surface area contributed by atoms with Crippen molar-refractivity contribution in [1.82, 2.24) is 4.31 Å². The molecule has 0 N–H and O–H groups in total. The summed E-state index contributed by atoms with van der Waals surface area (Å²) in [5, 5.41) is 0.0473. The van der Waals surface area contributed by atoms with E-state index in [0.717, 1.165) is 5.56 Å². The van der Waals surface area contributed by atoms with E-state index < -0.39 is 16.0 Å². The number of sulfonamides is 1. The van der Waals surface area contributed by atoms with Crippen molar-refractivity contribution in [2.75, 3.05) is 26.3 Å². The van der Waals surface area contributed by atoms with Crippen molar-refractivity contribution in [2.24, 2.45) is 0 Å². The zero-order valence-electron chi connectivity index (χ0n) is 17.7. The third-order valence-electron chi connectivity index (χ3n) is 4.78. The molecule has 2 aromatic rings. The maximum atomic E-state index is 13.1. The van der Waals surface area contributed by atoms with E-state index in [0.29, 0.717) is 5.75 Å². The SMILES string of the molecule is Cc1ccc(OCCOC(=O)c2ccc(Cl)c(S(=O)(=O)N3CC(C)OC(C)C3)c2)cc1. The second-order valence-corrected chi connectivity index (χ2v) is 9.84. The minimum absolute atomic E-state index is 0.0237. The number of rotatable bonds is 7. The number of morpholine rings is 1. The van der Waals surface area contributed by atoms with E-state index in [9.17, 15) is 13.2 Å². The molecule has 0 bridgehead atoms. The number of benzene rings is 2. The first-order chi connectivity index (χ1) is 14.7. The number of ether oxygens (including phenoxy) is 3. The number of carbonyl (C=O) groups excluding carboxylic acids is 1. The summed E-state index contributed by atoms with van der Waals surface area (Å²) >= 11 is 6.17. The van der Waals surface area contributed by atoms with Gasteiger partial charge in [-0.2, -0.15) is 4.31 Å². The highest BCUT2D eigenvalue weighted by Crippen LogP contribution is 2.28. The molecule has 2 atom stereocenters. The first kappa shape index (κ1) is 23.5. The van der Waals surface area contributed by atoms with E-state index in [1.165, 1.54) is 22.5 Å². The van der Waals surface area contributed by atoms with E-state index in [4.69, 9.17) is 25.8 Å². The van der Waals surface area contributed by atoms with E-state index in [2.05, 4.69) is 0 Å². The Morgan fingerprint density at radius 2 is 1.74 bits per heavy atom. The molecule has 2 aromatic carbocycles. The zero-order valence-corrected chi connectivity index (χ0v) is 19.3. The van der Waals surface area contributed by atoms with Crippen LogP contribution >= 0.6 is 11.6 Å². The molecule has 1 aliphatic rings. The number of halogens is 1. The van der Waals surface area contributed by atoms with Crippen LogP contribution in [0.1, 0.15) is 29.8 Å². The molecule has 31 heavy (non-hydrogen) atoms. The molecule has 3 rings (SSSR count). The number of nitrogens with zero attached hydrogens (tertiary/aromatic N) is 1. The van der Waals surface area contributed by atoms with Gasteiger partial charge in [0.1, 0.15) is 23.9 Å². The summed E-state index contributed by atoms with van der Waals surface area (Å²) in [5.74, 6) is 0.0276. The van der Waals surface area contributed by atoms with Crippen LogP contribution in [0.5, 0.6) is 5.75 Å². The number of carbonyl (C=O) groups is 1. The lowest BCUT2D eigenvalue weighted by Gasteiger charge is -2.34. The van der Waals surface area contributed by atoms with Crippen LogP contribution in [0.4, 0.5) is 0 Å². The van der Waals surface area contributed by atoms with Crippen LogP contribution in [0.15, 0.2) is 47.4 Å². The second-order valence-electron chi connectivity index (χ2n) is 7.52. The van der Waals surface area contributed by atoms with Crippen LogP contribution < -0.4 is 4.74 Å². The third-order valence-corrected chi connectivity index (χ3v) is 7.09. The largest absolute Gasteiger partial charge is 0.490 e. The average Bonchev–Trinajstić information content (AvgIpc) is 2.72. The molecule has 1 fully saturated rings. The van der Waals surface area contributed by atoms with Gasteiger partial charge in [0, 0.05) is 13.1 Å². The lowest BCUT2D eigenvalue weighted by atomic mass is 10.2. The van der Waals surface area contributed by atoms with Gasteiger partial charge in [-0.3, -0.25) is 0 Å². The number of aryl methyl sites for hydroxylation is 1. The molecule has 1 aliphatic heterocycles. The van der Waals surface area contributed by atoms with Crippen LogP contribution in [0.3, 0.4) is 0 Å². The van der Waals surface area contributed by atoms with Gasteiger partial charge in [0.15, 0.2) is 0 Å². The quantitative estimate of drug-likeness (QED) is 0.456. The summed E-state index contributed by atoms with van der Waals surface area (Å²) in [4.78, 5) is 12.3. The van der Waals surface area contributed by atoms with Gasteiger partial charge in [-0.05, 0) is 51.1 Å². The Morgan fingerprint density at radius 1 is 1.10 bits per heavy atom. The highest BCUT2D eigenvalue weighted by molar-refractivity contribution is 7.89. The van der Waals surface area contributed by atoms with E-state index in [1.54, 1.807) is 0 Å². The van der Waals surface area contributed by atoms with Gasteiger partial charge in [0.25, 0.3) is 0 Å². The van der Waals surface area contributed by atoms with Gasteiger partial charge in [-0.15, -0.1) is 0 Å². The maximum Gasteiger partial charge on any atom is 0.338 e. The minimum Gasteiger partial charge on any atom is -0.490 e. The van der Waals surface area contributed by atoms with E-state index in [1.807, 2.05) is 45.0 Å². The first-order valence-corrected chi connectivity index (χ1v) is 11.8. The predicted octanol–water partition coefficient (Wildman–Crippen LogP) is 3.68. The minimum atomic E-state index is -3.89. The maximum absolute atomic E-state index is 13.1. The fourth-order valence-corrected chi connectivity index (χ4v) is 5.40. The summed E-state index contributed by atoms with van der Waals surface area (Å²) in [6.45, 7) is 6.24. The highest BCUT2D eigenvalue weighted by atomic mass is 35.5. The summed E-state index contributed by atoms with van der Waals surface area (Å²) in [5.41, 5.74) is 1.22. The number of hydrogen-bond donors (Lipinski definition) is 0. The Morgan fingerprint density at radius 3 is 2.39 bits per heavy atom. The van der Waals surface area contributed by atoms with Crippen LogP contribution in [0, 0.1) is 6.92 Å². The van der Waals surface area contributed by atoms with Gasteiger partial charge < -0.3 is 14.2 Å². The van der Waals surface area contributed by atoms with Gasteiger partial charge in [-0.1, -0.05) is 29.3 Å². The standard InChI is InChI=1S/C22H26ClNO6S/c1-15-4-7-19(8-5-15)28-10-11-29-22(25)18-6-9-20(23)21(12-18)31(26,27)24-13-16(2)30-17(3)14-24/h4-9,12,16-17H,10-11,13-14H2,1-3H3. The van der Waals surface area contributed by atoms with Gasteiger partial charge in [-0.25, -0.2) is 13.2 Å². The molecule has 9 heteroatoms. The molecule has 1 heterocycles. The van der Waals surface area contributed by atoms with Crippen LogP contribution in [0.25, 0.3) is 0 Å². The van der Waals surface area contributed by atoms with Crippen molar-refractivity contribution < 1.29 is 27.4 Å². The highest BCUT2D eigenvalue weighted by Gasteiger charge is 2.34. The smallest absolute Gasteiger partial charge is 0.338 e. The van der Waals surface area contributed by atoms with Crippen molar-refractivity contribution in [3.8, 4) is 5.75 Å². The van der Waals surface area contributed by atoms with E-state index >= 15 is 0 Å². The topological polar surface area (TPSA) is 82.1 Å². The monoisotopic (exact) mass is 467 g/mol. The molecule has 7 nitrogen and oxygen atoms in total. The van der Waals surface area contributed by atoms with E-state index in [-0.39, 0.29) is 54.0 Å². The Hall–Kier alpha value is -2.13. The van der Waals surface area contributed by atoms with Gasteiger partial charge in [0.2, 0.25) is 10.0 Å². The summed E-state index contributed by atoms with van der Waals surface area (Å²) in [6, 6.07) is 11.6. The van der Waals surface area contributed by atoms with Crippen molar-refractivity contribution in [2.45, 2.75) is 37.9 Å². The first-order valence-electron chi connectivity index (χ1n) is 9.98. The number of hydrogen-bond acceptors (Lipinski definition) is 6. The molecule has 0 amide bonds. The predicted molar refractivity (Wildman–Crippen MR) is 117 cm³/mol. The van der Waals surface area contributed by atoms with Crippen molar-refractivity contribution in [3.05, 3.63) is 58.6 Å². The molecule has 0 aliphatic carbocycles. The Balaban J connectivity index is 1.65. The summed E-state index contributed by atoms with van der Waals surface area (Å²) in [6.07, 6.45) is -0.474. The fraction of sp³-hybridized carbons (Fsp3) is 0.409. The van der Waals surface area contributed by atoms with Crippen LogP contribution in [-0.4, -0.2) is 57.2 Å². The average molecular weight is 468 g/mol. The molecule has 0 radical (unpaired) electrons. The van der Waals surface area contributed by atoms with Gasteiger partial charge >= 0.3 is 5.97 Å². The zero-order chi connectivity index (χ0) is 22.6. The Bertz CT molecular complexity index is 1010. The summed E-state index contributed by atoms with van der Waals surface area (Å²) < 4.78 is 44.0. The third kappa shape index (κ3) is 5.98. The van der Waals surface area contributed by atoms with Crippen LogP contribution in [0.2, 0.25) is 5.02 Å². The summed E-state index contributed by atoms with van der Waals surface area (Å²) in [7, 11) is -3.89. The van der Waals surface area contributed by atoms with Crippen molar-refractivity contribution in [1.29, 1.82) is 0 Å². The molecule has 0 aromatic heterocycles.